The highest BCUT2D eigenvalue weighted by atomic mass is 35.5. The van der Waals surface area contributed by atoms with Crippen LogP contribution >= 0.6 is 11.6 Å². The van der Waals surface area contributed by atoms with E-state index < -0.39 is 0 Å². The van der Waals surface area contributed by atoms with Gasteiger partial charge in [0.1, 0.15) is 0 Å². The fraction of sp³-hybridized carbons (Fsp3) is 0.200. The number of rotatable bonds is 4. The molecular formula is C15H15ClN2O. The minimum absolute atomic E-state index is 0.0637. The molecule has 2 aromatic rings. The molecule has 19 heavy (non-hydrogen) atoms. The number of nitrogens with zero attached hydrogens (tertiary/aromatic N) is 1. The summed E-state index contributed by atoms with van der Waals surface area (Å²) in [5.41, 5.74) is 1.67. The Balaban J connectivity index is 1.97. The third-order valence-corrected chi connectivity index (χ3v) is 3.19. The number of amides is 1. The number of benzene rings is 1. The molecule has 0 aliphatic heterocycles. The van der Waals surface area contributed by atoms with Crippen molar-refractivity contribution in [2.45, 2.75) is 19.4 Å². The second-order valence-electron chi connectivity index (χ2n) is 4.31. The molecule has 1 aromatic heterocycles. The Labute approximate surface area is 117 Å². The van der Waals surface area contributed by atoms with E-state index in [4.69, 9.17) is 11.6 Å². The predicted molar refractivity (Wildman–Crippen MR) is 76.0 cm³/mol. The lowest BCUT2D eigenvalue weighted by atomic mass is 10.1. The van der Waals surface area contributed by atoms with Crippen molar-refractivity contribution in [2.75, 3.05) is 0 Å². The Bertz CT molecular complexity index is 557. The van der Waals surface area contributed by atoms with Gasteiger partial charge in [0.2, 0.25) is 5.91 Å². The number of carbonyl (C=O) groups excluding carboxylic acids is 1. The average molecular weight is 275 g/mol. The Kier molecular flexibility index (Phi) is 4.53. The summed E-state index contributed by atoms with van der Waals surface area (Å²) < 4.78 is 0. The van der Waals surface area contributed by atoms with Gasteiger partial charge in [0.05, 0.1) is 18.2 Å². The molecule has 4 heteroatoms. The highest BCUT2D eigenvalue weighted by Gasteiger charge is 2.11. The monoisotopic (exact) mass is 274 g/mol. The van der Waals surface area contributed by atoms with E-state index in [0.29, 0.717) is 5.02 Å². The first-order valence-corrected chi connectivity index (χ1v) is 6.48. The van der Waals surface area contributed by atoms with E-state index in [0.717, 1.165) is 11.3 Å². The first-order chi connectivity index (χ1) is 9.16. The predicted octanol–water partition coefficient (Wildman–Crippen LogP) is 3.15. The van der Waals surface area contributed by atoms with Crippen molar-refractivity contribution in [3.05, 3.63) is 64.9 Å². The molecular weight excluding hydrogens is 260 g/mol. The van der Waals surface area contributed by atoms with E-state index >= 15 is 0 Å². The van der Waals surface area contributed by atoms with Gasteiger partial charge < -0.3 is 5.32 Å². The molecule has 1 amide bonds. The van der Waals surface area contributed by atoms with Gasteiger partial charge in [-0.1, -0.05) is 35.9 Å². The molecule has 1 heterocycles. The average Bonchev–Trinajstić information content (AvgIpc) is 2.42. The second kappa shape index (κ2) is 6.34. The molecule has 98 valence electrons. The van der Waals surface area contributed by atoms with E-state index in [1.807, 2.05) is 43.3 Å². The maximum Gasteiger partial charge on any atom is 0.224 e. The van der Waals surface area contributed by atoms with Crippen LogP contribution in [0.4, 0.5) is 0 Å². The summed E-state index contributed by atoms with van der Waals surface area (Å²) in [7, 11) is 0. The maximum absolute atomic E-state index is 12.0. The SMILES string of the molecule is C[C@H](NC(=O)Cc1ccccc1Cl)c1ccccn1. The molecule has 0 saturated carbocycles. The van der Waals surface area contributed by atoms with Gasteiger partial charge in [-0.25, -0.2) is 0 Å². The zero-order chi connectivity index (χ0) is 13.7. The number of halogens is 1. The van der Waals surface area contributed by atoms with Gasteiger partial charge in [-0.05, 0) is 30.7 Å². The van der Waals surface area contributed by atoms with Crippen molar-refractivity contribution in [1.82, 2.24) is 10.3 Å². The van der Waals surface area contributed by atoms with E-state index in [1.54, 1.807) is 12.3 Å². The molecule has 1 atom stereocenters. The highest BCUT2D eigenvalue weighted by Crippen LogP contribution is 2.16. The van der Waals surface area contributed by atoms with Crippen molar-refractivity contribution in [1.29, 1.82) is 0 Å². The first kappa shape index (κ1) is 13.6. The molecule has 2 rings (SSSR count). The molecule has 0 radical (unpaired) electrons. The number of pyridine rings is 1. The van der Waals surface area contributed by atoms with Gasteiger partial charge in [-0.2, -0.15) is 0 Å². The van der Waals surface area contributed by atoms with E-state index in [1.165, 1.54) is 0 Å². The summed E-state index contributed by atoms with van der Waals surface area (Å²) in [6.45, 7) is 1.91. The third-order valence-electron chi connectivity index (χ3n) is 2.82. The van der Waals surface area contributed by atoms with Gasteiger partial charge in [-0.3, -0.25) is 9.78 Å². The maximum atomic E-state index is 12.0. The van der Waals surface area contributed by atoms with Crippen molar-refractivity contribution in [2.24, 2.45) is 0 Å². The molecule has 0 unspecified atom stereocenters. The van der Waals surface area contributed by atoms with Crippen LogP contribution < -0.4 is 5.32 Å². The lowest BCUT2D eigenvalue weighted by Crippen LogP contribution is -2.28. The second-order valence-corrected chi connectivity index (χ2v) is 4.72. The van der Waals surface area contributed by atoms with Gasteiger partial charge in [0.25, 0.3) is 0 Å². The Morgan fingerprint density at radius 2 is 2.00 bits per heavy atom. The van der Waals surface area contributed by atoms with Crippen LogP contribution in [0.1, 0.15) is 24.2 Å². The number of nitrogens with one attached hydrogen (secondary N) is 1. The lowest BCUT2D eigenvalue weighted by molar-refractivity contribution is -0.121. The van der Waals surface area contributed by atoms with Gasteiger partial charge in [-0.15, -0.1) is 0 Å². The van der Waals surface area contributed by atoms with Crippen molar-refractivity contribution in [3.63, 3.8) is 0 Å². The first-order valence-electron chi connectivity index (χ1n) is 6.10. The van der Waals surface area contributed by atoms with Gasteiger partial charge in [0, 0.05) is 11.2 Å². The lowest BCUT2D eigenvalue weighted by Gasteiger charge is -2.13. The molecule has 0 saturated heterocycles. The summed E-state index contributed by atoms with van der Waals surface area (Å²) in [4.78, 5) is 16.2. The van der Waals surface area contributed by atoms with Crippen LogP contribution in [0.25, 0.3) is 0 Å². The van der Waals surface area contributed by atoms with Crippen LogP contribution in [-0.2, 0) is 11.2 Å². The van der Waals surface area contributed by atoms with Gasteiger partial charge in [0.15, 0.2) is 0 Å². The molecule has 0 fully saturated rings. The Hall–Kier alpha value is -1.87. The van der Waals surface area contributed by atoms with E-state index in [-0.39, 0.29) is 18.4 Å². The van der Waals surface area contributed by atoms with Gasteiger partial charge >= 0.3 is 0 Å². The summed E-state index contributed by atoms with van der Waals surface area (Å²) in [6.07, 6.45) is 1.99. The van der Waals surface area contributed by atoms with Crippen LogP contribution in [0.15, 0.2) is 48.7 Å². The van der Waals surface area contributed by atoms with E-state index in [9.17, 15) is 4.79 Å². The van der Waals surface area contributed by atoms with Crippen LogP contribution in [0.5, 0.6) is 0 Å². The fourth-order valence-electron chi connectivity index (χ4n) is 1.81. The smallest absolute Gasteiger partial charge is 0.224 e. The summed E-state index contributed by atoms with van der Waals surface area (Å²) in [5.74, 6) is -0.0637. The standard InChI is InChI=1S/C15H15ClN2O/c1-11(14-8-4-5-9-17-14)18-15(19)10-12-6-2-3-7-13(12)16/h2-9,11H,10H2,1H3,(H,18,19)/t11-/m0/s1. The topological polar surface area (TPSA) is 42.0 Å². The minimum Gasteiger partial charge on any atom is -0.348 e. The van der Waals surface area contributed by atoms with Crippen molar-refractivity contribution >= 4 is 17.5 Å². The highest BCUT2D eigenvalue weighted by molar-refractivity contribution is 6.31. The van der Waals surface area contributed by atoms with Crippen LogP contribution in [0, 0.1) is 0 Å². The number of aromatic nitrogens is 1. The number of hydrogen-bond acceptors (Lipinski definition) is 2. The largest absolute Gasteiger partial charge is 0.348 e. The van der Waals surface area contributed by atoms with Crippen molar-refractivity contribution in [3.8, 4) is 0 Å². The van der Waals surface area contributed by atoms with E-state index in [2.05, 4.69) is 10.3 Å². The van der Waals surface area contributed by atoms with Crippen LogP contribution in [-0.4, -0.2) is 10.9 Å². The number of hydrogen-bond donors (Lipinski definition) is 1. The molecule has 0 aliphatic carbocycles. The van der Waals surface area contributed by atoms with Crippen LogP contribution in [0.2, 0.25) is 5.02 Å². The molecule has 1 aromatic carbocycles. The molecule has 1 N–H and O–H groups in total. The Morgan fingerprint density at radius 3 is 2.68 bits per heavy atom. The zero-order valence-electron chi connectivity index (χ0n) is 10.6. The number of carbonyl (C=O) groups is 1. The molecule has 0 aliphatic rings. The van der Waals surface area contributed by atoms with Crippen LogP contribution in [0.3, 0.4) is 0 Å². The minimum atomic E-state index is -0.115. The third kappa shape index (κ3) is 3.80. The summed E-state index contributed by atoms with van der Waals surface area (Å²) >= 11 is 6.03. The molecule has 3 nitrogen and oxygen atoms in total. The summed E-state index contributed by atoms with van der Waals surface area (Å²) in [5, 5.41) is 3.53. The molecule has 0 bridgehead atoms. The quantitative estimate of drug-likeness (QED) is 0.931. The Morgan fingerprint density at radius 1 is 1.26 bits per heavy atom. The fourth-order valence-corrected chi connectivity index (χ4v) is 2.02. The normalized spacial score (nSPS) is 11.9. The molecule has 0 spiro atoms. The zero-order valence-corrected chi connectivity index (χ0v) is 11.4. The van der Waals surface area contributed by atoms with Crippen molar-refractivity contribution < 1.29 is 4.79 Å². The summed E-state index contributed by atoms with van der Waals surface area (Å²) in [6, 6.07) is 12.9.